The lowest BCUT2D eigenvalue weighted by Gasteiger charge is -2.29. The minimum atomic E-state index is -1.36. The Kier molecular flexibility index (Phi) is 8.78. The fraction of sp³-hybridized carbons (Fsp3) is 0.485. The predicted molar refractivity (Wildman–Crippen MR) is 175 cm³/mol. The summed E-state index contributed by atoms with van der Waals surface area (Å²) in [5, 5.41) is 20.5. The molecule has 6 rings (SSSR count). The minimum Gasteiger partial charge on any atom is -0.497 e. The van der Waals surface area contributed by atoms with Crippen LogP contribution in [0, 0.1) is 5.92 Å². The number of pyridine rings is 1. The van der Waals surface area contributed by atoms with Crippen LogP contribution in [0.1, 0.15) is 46.0 Å². The van der Waals surface area contributed by atoms with Gasteiger partial charge in [-0.25, -0.2) is 19.6 Å². The van der Waals surface area contributed by atoms with Gasteiger partial charge in [-0.15, -0.1) is 11.3 Å². The van der Waals surface area contributed by atoms with E-state index in [1.165, 1.54) is 16.2 Å². The smallest absolute Gasteiger partial charge is 0.330 e. The summed E-state index contributed by atoms with van der Waals surface area (Å²) in [6.45, 7) is 4.79. The molecule has 0 spiro atoms. The number of fused-ring (bicyclic) bond motifs is 3. The van der Waals surface area contributed by atoms with Crippen molar-refractivity contribution >= 4 is 45.1 Å². The van der Waals surface area contributed by atoms with Crippen molar-refractivity contribution in [2.45, 2.75) is 69.7 Å². The molecule has 1 saturated heterocycles. The van der Waals surface area contributed by atoms with Crippen LogP contribution in [-0.2, 0) is 9.59 Å². The number of benzene rings is 1. The molecule has 3 aliphatic rings. The third kappa shape index (κ3) is 6.33. The molecule has 4 atom stereocenters. The number of ether oxygens (including phenoxy) is 2. The first-order valence-electron chi connectivity index (χ1n) is 15.7. The molecule has 3 amide bonds. The number of carboxylic acids is 1. The maximum absolute atomic E-state index is 13.8. The lowest BCUT2D eigenvalue weighted by Crippen LogP contribution is -2.54. The molecule has 4 heterocycles. The molecule has 2 aromatic heterocycles. The van der Waals surface area contributed by atoms with Gasteiger partial charge in [0.2, 0.25) is 11.8 Å². The minimum absolute atomic E-state index is 0.146. The monoisotopic (exact) mass is 648 g/mol. The van der Waals surface area contributed by atoms with Gasteiger partial charge in [-0.05, 0) is 69.2 Å². The van der Waals surface area contributed by atoms with Gasteiger partial charge < -0.3 is 35.0 Å². The highest BCUT2D eigenvalue weighted by Gasteiger charge is 2.61. The zero-order chi connectivity index (χ0) is 32.6. The van der Waals surface area contributed by atoms with Crippen molar-refractivity contribution in [2.24, 2.45) is 5.92 Å². The lowest BCUT2D eigenvalue weighted by molar-refractivity contribution is -0.144. The molecule has 1 aliphatic carbocycles. The van der Waals surface area contributed by atoms with Gasteiger partial charge in [0.15, 0.2) is 5.13 Å². The summed E-state index contributed by atoms with van der Waals surface area (Å²) in [7, 11) is 3.33. The molecule has 0 bridgehead atoms. The summed E-state index contributed by atoms with van der Waals surface area (Å²) in [5.74, 6) is -0.812. The van der Waals surface area contributed by atoms with E-state index in [2.05, 4.69) is 10.6 Å². The van der Waals surface area contributed by atoms with E-state index in [9.17, 15) is 19.5 Å². The molecule has 1 saturated carbocycles. The maximum atomic E-state index is 13.8. The van der Waals surface area contributed by atoms with Crippen LogP contribution in [0.3, 0.4) is 0 Å². The van der Waals surface area contributed by atoms with Crippen molar-refractivity contribution in [3.8, 4) is 23.0 Å². The second-order valence-electron chi connectivity index (χ2n) is 12.6. The van der Waals surface area contributed by atoms with Crippen LogP contribution in [-0.4, -0.2) is 93.8 Å². The van der Waals surface area contributed by atoms with Gasteiger partial charge in [0.1, 0.15) is 29.1 Å². The molecule has 4 unspecified atom stereocenters. The zero-order valence-electron chi connectivity index (χ0n) is 26.5. The highest BCUT2D eigenvalue weighted by Crippen LogP contribution is 2.45. The van der Waals surface area contributed by atoms with Gasteiger partial charge in [0.25, 0.3) is 0 Å². The molecule has 3 N–H and O–H groups in total. The first kappa shape index (κ1) is 31.6. The largest absolute Gasteiger partial charge is 0.497 e. The molecule has 0 radical (unpaired) electrons. The van der Waals surface area contributed by atoms with Crippen LogP contribution < -0.4 is 20.1 Å². The number of anilines is 1. The van der Waals surface area contributed by atoms with E-state index in [1.807, 2.05) is 55.6 Å². The molecule has 244 valence electrons. The molecule has 1 aromatic carbocycles. The number of hydrogen-bond acceptors (Lipinski definition) is 9. The highest BCUT2D eigenvalue weighted by atomic mass is 32.1. The van der Waals surface area contributed by atoms with Crippen LogP contribution in [0.25, 0.3) is 22.2 Å². The van der Waals surface area contributed by atoms with Crippen molar-refractivity contribution in [3.63, 3.8) is 0 Å². The van der Waals surface area contributed by atoms with Crippen molar-refractivity contribution in [2.75, 3.05) is 32.6 Å². The number of rotatable bonds is 7. The second-order valence-corrected chi connectivity index (χ2v) is 13.4. The number of hydrogen-bond donors (Lipinski definition) is 3. The van der Waals surface area contributed by atoms with E-state index in [1.54, 1.807) is 19.1 Å². The maximum Gasteiger partial charge on any atom is 0.330 e. The zero-order valence-corrected chi connectivity index (χ0v) is 27.3. The molecule has 2 fully saturated rings. The van der Waals surface area contributed by atoms with Crippen molar-refractivity contribution in [1.29, 1.82) is 0 Å². The van der Waals surface area contributed by atoms with Crippen molar-refractivity contribution < 1.29 is 29.0 Å². The first-order chi connectivity index (χ1) is 22.1. The topological polar surface area (TPSA) is 146 Å². The summed E-state index contributed by atoms with van der Waals surface area (Å²) >= 11 is 1.49. The van der Waals surface area contributed by atoms with Gasteiger partial charge in [-0.3, -0.25) is 4.79 Å². The Morgan fingerprint density at radius 2 is 2.02 bits per heavy atom. The number of aliphatic carboxylic acids is 1. The average molecular weight is 649 g/mol. The van der Waals surface area contributed by atoms with Gasteiger partial charge >= 0.3 is 12.0 Å². The quantitative estimate of drug-likeness (QED) is 0.309. The van der Waals surface area contributed by atoms with Gasteiger partial charge in [0, 0.05) is 42.7 Å². The van der Waals surface area contributed by atoms with Crippen LogP contribution in [0.15, 0.2) is 41.8 Å². The molecule has 13 heteroatoms. The Labute approximate surface area is 271 Å². The Morgan fingerprint density at radius 1 is 1.20 bits per heavy atom. The summed E-state index contributed by atoms with van der Waals surface area (Å²) < 4.78 is 12.0. The predicted octanol–water partition coefficient (Wildman–Crippen LogP) is 4.76. The van der Waals surface area contributed by atoms with Crippen LogP contribution in [0.4, 0.5) is 9.93 Å². The molecular weight excluding hydrogens is 608 g/mol. The van der Waals surface area contributed by atoms with Gasteiger partial charge in [-0.2, -0.15) is 0 Å². The van der Waals surface area contributed by atoms with Crippen LogP contribution >= 0.6 is 11.3 Å². The number of amides is 3. The molecular formula is C33H40N6O6S. The van der Waals surface area contributed by atoms with Crippen molar-refractivity contribution in [3.05, 3.63) is 41.8 Å². The third-order valence-electron chi connectivity index (χ3n) is 8.82. The van der Waals surface area contributed by atoms with Gasteiger partial charge in [-0.1, -0.05) is 12.2 Å². The van der Waals surface area contributed by atoms with Crippen LogP contribution in [0.2, 0.25) is 0 Å². The van der Waals surface area contributed by atoms with E-state index in [-0.39, 0.29) is 31.0 Å². The Morgan fingerprint density at radius 3 is 2.78 bits per heavy atom. The Bertz CT molecular complexity index is 1680. The number of carboxylic acid groups (broad SMARTS) is 1. The normalized spacial score (nSPS) is 25.8. The standard InChI is InChI=1S/C33H40N6O6S/c1-19(2)34-31-36-26(18-46-31)25-14-20-13-22(44-4)10-11-24(20)29(35-25)45-23-15-27-28(40)37-33(30(41)42)16-21(33)9-7-5-6-8-12-38(3)32(43)39(27)17-23/h7,9-11,13-14,18-19,21,23,27H,5-6,8,12,15-17H2,1-4H3,(H,34,36)(H,37,40)(H,41,42)/b9-7+. The van der Waals surface area contributed by atoms with E-state index in [0.717, 1.165) is 35.2 Å². The van der Waals surface area contributed by atoms with E-state index >= 15 is 0 Å². The summed E-state index contributed by atoms with van der Waals surface area (Å²) in [6, 6.07) is 6.58. The summed E-state index contributed by atoms with van der Waals surface area (Å²) in [4.78, 5) is 52.5. The fourth-order valence-electron chi connectivity index (χ4n) is 6.21. The van der Waals surface area contributed by atoms with Crippen molar-refractivity contribution in [1.82, 2.24) is 25.1 Å². The number of methoxy groups -OCH3 is 1. The Balaban J connectivity index is 1.32. The number of nitrogens with zero attached hydrogens (tertiary/aromatic N) is 4. The number of thiazole rings is 1. The van der Waals surface area contributed by atoms with Crippen LogP contribution in [0.5, 0.6) is 11.6 Å². The average Bonchev–Trinajstić information content (AvgIpc) is 3.31. The van der Waals surface area contributed by atoms with E-state index in [0.29, 0.717) is 36.0 Å². The number of allylic oxidation sites excluding steroid dienone is 1. The number of aromatic nitrogens is 2. The SMILES string of the molecule is COc1ccc2c(OC3CC4C(=O)NC5(C(=O)O)CC5/C=C/CCCCN(C)C(=O)N4C3)nc(-c3csc(NC(C)C)n3)cc2c1. The number of carbonyl (C=O) groups is 3. The second kappa shape index (κ2) is 12.8. The van der Waals surface area contributed by atoms with E-state index < -0.39 is 29.6 Å². The summed E-state index contributed by atoms with van der Waals surface area (Å²) in [5.41, 5.74) is -0.0566. The van der Waals surface area contributed by atoms with E-state index in [4.69, 9.17) is 19.4 Å². The fourth-order valence-corrected chi connectivity index (χ4v) is 7.06. The number of urea groups is 1. The lowest BCUT2D eigenvalue weighted by atomic mass is 10.1. The third-order valence-corrected chi connectivity index (χ3v) is 9.60. The first-order valence-corrected chi connectivity index (χ1v) is 16.6. The summed E-state index contributed by atoms with van der Waals surface area (Å²) in [6.07, 6.45) is 6.27. The molecule has 46 heavy (non-hydrogen) atoms. The number of carbonyl (C=O) groups excluding carboxylic acids is 2. The number of nitrogens with one attached hydrogen (secondary N) is 2. The molecule has 3 aromatic rings. The molecule has 2 aliphatic heterocycles. The highest BCUT2D eigenvalue weighted by molar-refractivity contribution is 7.14. The van der Waals surface area contributed by atoms with Gasteiger partial charge in [0.05, 0.1) is 19.3 Å². The molecule has 12 nitrogen and oxygen atoms in total. The Hall–Kier alpha value is -4.39.